The number of aliphatic hydroxyl groups excluding tert-OH is 2. The molecular formula is C17H15N3O3. The third-order valence-electron chi connectivity index (χ3n) is 3.63. The van der Waals surface area contributed by atoms with E-state index in [2.05, 4.69) is 10.6 Å². The van der Waals surface area contributed by atoms with Crippen LogP contribution in [0, 0.1) is 11.3 Å². The molecule has 2 aromatic rings. The normalized spacial score (nSPS) is 19.7. The lowest BCUT2D eigenvalue weighted by atomic mass is 9.92. The second-order valence-electron chi connectivity index (χ2n) is 5.18. The molecule has 1 aliphatic rings. The van der Waals surface area contributed by atoms with Gasteiger partial charge in [0.05, 0.1) is 28.7 Å². The number of aliphatic hydroxyl groups is 2. The number of phenolic OH excluding ortho intramolecular Hbond substituents is 1. The summed E-state index contributed by atoms with van der Waals surface area (Å²) in [6.07, 6.45) is -2.10. The molecule has 3 rings (SSSR count). The van der Waals surface area contributed by atoms with Crippen molar-refractivity contribution in [3.63, 3.8) is 0 Å². The van der Waals surface area contributed by atoms with Gasteiger partial charge in [-0.3, -0.25) is 0 Å². The Balaban J connectivity index is 1.86. The molecular weight excluding hydrogens is 294 g/mol. The van der Waals surface area contributed by atoms with Crippen LogP contribution in [0.4, 0.5) is 11.4 Å². The molecule has 0 saturated carbocycles. The minimum atomic E-state index is -1.07. The zero-order valence-electron chi connectivity index (χ0n) is 12.1. The fourth-order valence-electron chi connectivity index (χ4n) is 2.35. The smallest absolute Gasteiger partial charge is 0.140 e. The van der Waals surface area contributed by atoms with Crippen molar-refractivity contribution in [2.45, 2.75) is 12.2 Å². The van der Waals surface area contributed by atoms with E-state index in [1.54, 1.807) is 12.1 Å². The zero-order valence-corrected chi connectivity index (χ0v) is 12.1. The van der Waals surface area contributed by atoms with Crippen LogP contribution >= 0.6 is 0 Å². The molecule has 0 heterocycles. The van der Waals surface area contributed by atoms with Crippen molar-refractivity contribution in [1.82, 2.24) is 0 Å². The Kier molecular flexibility index (Phi) is 3.89. The second-order valence-corrected chi connectivity index (χ2v) is 5.18. The molecule has 116 valence electrons. The van der Waals surface area contributed by atoms with Crippen molar-refractivity contribution in [1.29, 1.82) is 5.26 Å². The summed E-state index contributed by atoms with van der Waals surface area (Å²) in [4.78, 5) is 0. The molecule has 0 fully saturated rings. The summed E-state index contributed by atoms with van der Waals surface area (Å²) >= 11 is 0. The van der Waals surface area contributed by atoms with Gasteiger partial charge in [-0.05, 0) is 30.3 Å². The van der Waals surface area contributed by atoms with E-state index in [0.717, 1.165) is 5.69 Å². The highest BCUT2D eigenvalue weighted by Gasteiger charge is 2.38. The SMILES string of the molecule is N#Cc1ccc(NC2=C(Nc3ccccc3)C(O)C2O)c(O)c1. The van der Waals surface area contributed by atoms with Gasteiger partial charge in [-0.1, -0.05) is 18.2 Å². The third kappa shape index (κ3) is 2.83. The van der Waals surface area contributed by atoms with Crippen LogP contribution in [0.1, 0.15) is 5.56 Å². The number of nitriles is 1. The van der Waals surface area contributed by atoms with Crippen LogP contribution in [0.2, 0.25) is 0 Å². The summed E-state index contributed by atoms with van der Waals surface area (Å²) in [5, 5.41) is 44.5. The molecule has 0 spiro atoms. The number of anilines is 2. The van der Waals surface area contributed by atoms with Crippen molar-refractivity contribution >= 4 is 11.4 Å². The molecule has 1 aliphatic carbocycles. The van der Waals surface area contributed by atoms with Gasteiger partial charge in [0.1, 0.15) is 18.0 Å². The molecule has 2 aromatic carbocycles. The van der Waals surface area contributed by atoms with E-state index in [-0.39, 0.29) is 5.75 Å². The lowest BCUT2D eigenvalue weighted by Crippen LogP contribution is -2.46. The average Bonchev–Trinajstić information content (AvgIpc) is 2.59. The largest absolute Gasteiger partial charge is 0.506 e. The fourth-order valence-corrected chi connectivity index (χ4v) is 2.35. The molecule has 2 unspecified atom stereocenters. The summed E-state index contributed by atoms with van der Waals surface area (Å²) in [5.41, 5.74) is 2.27. The summed E-state index contributed by atoms with van der Waals surface area (Å²) < 4.78 is 0. The Morgan fingerprint density at radius 2 is 1.57 bits per heavy atom. The van der Waals surface area contributed by atoms with Crippen LogP contribution in [0.25, 0.3) is 0 Å². The van der Waals surface area contributed by atoms with E-state index in [1.807, 2.05) is 36.4 Å². The maximum Gasteiger partial charge on any atom is 0.140 e. The van der Waals surface area contributed by atoms with E-state index in [9.17, 15) is 15.3 Å². The van der Waals surface area contributed by atoms with E-state index < -0.39 is 12.2 Å². The van der Waals surface area contributed by atoms with E-state index >= 15 is 0 Å². The van der Waals surface area contributed by atoms with Crippen molar-refractivity contribution in [3.05, 3.63) is 65.5 Å². The van der Waals surface area contributed by atoms with Crippen molar-refractivity contribution in [2.75, 3.05) is 10.6 Å². The molecule has 0 aliphatic heterocycles. The van der Waals surface area contributed by atoms with E-state index in [4.69, 9.17) is 5.26 Å². The molecule has 0 radical (unpaired) electrons. The van der Waals surface area contributed by atoms with Crippen molar-refractivity contribution in [2.24, 2.45) is 0 Å². The van der Waals surface area contributed by atoms with Crippen LogP contribution < -0.4 is 10.6 Å². The number of phenols is 1. The molecule has 6 heteroatoms. The van der Waals surface area contributed by atoms with Crippen LogP contribution in [0.5, 0.6) is 5.75 Å². The third-order valence-corrected chi connectivity index (χ3v) is 3.63. The summed E-state index contributed by atoms with van der Waals surface area (Å²) in [6.45, 7) is 0. The molecule has 0 amide bonds. The summed E-state index contributed by atoms with van der Waals surface area (Å²) in [7, 11) is 0. The summed E-state index contributed by atoms with van der Waals surface area (Å²) in [5.74, 6) is -0.107. The average molecular weight is 309 g/mol. The first kappa shape index (κ1) is 14.9. The first-order valence-electron chi connectivity index (χ1n) is 7.02. The number of benzene rings is 2. The predicted octanol–water partition coefficient (Wildman–Crippen LogP) is 1.73. The fraction of sp³-hybridized carbons (Fsp3) is 0.118. The Hall–Kier alpha value is -3.01. The predicted molar refractivity (Wildman–Crippen MR) is 85.5 cm³/mol. The van der Waals surface area contributed by atoms with E-state index in [1.165, 1.54) is 6.07 Å². The molecule has 0 bridgehead atoms. The van der Waals surface area contributed by atoms with Crippen LogP contribution in [0.15, 0.2) is 59.9 Å². The number of nitrogens with one attached hydrogen (secondary N) is 2. The van der Waals surface area contributed by atoms with Crippen molar-refractivity contribution in [3.8, 4) is 11.8 Å². The number of aromatic hydroxyl groups is 1. The van der Waals surface area contributed by atoms with Gasteiger partial charge in [0.2, 0.25) is 0 Å². The van der Waals surface area contributed by atoms with Gasteiger partial charge in [0.25, 0.3) is 0 Å². The monoisotopic (exact) mass is 309 g/mol. The number of hydrogen-bond acceptors (Lipinski definition) is 6. The number of hydrogen-bond donors (Lipinski definition) is 5. The Morgan fingerprint density at radius 1 is 0.913 bits per heavy atom. The van der Waals surface area contributed by atoms with Gasteiger partial charge in [-0.15, -0.1) is 0 Å². The number of para-hydroxylation sites is 1. The maximum atomic E-state index is 9.93. The van der Waals surface area contributed by atoms with Crippen LogP contribution in [-0.4, -0.2) is 27.5 Å². The lowest BCUT2D eigenvalue weighted by molar-refractivity contribution is 0.0397. The highest BCUT2D eigenvalue weighted by molar-refractivity contribution is 5.65. The molecule has 0 aromatic heterocycles. The molecule has 23 heavy (non-hydrogen) atoms. The van der Waals surface area contributed by atoms with Gasteiger partial charge in [-0.2, -0.15) is 5.26 Å². The van der Waals surface area contributed by atoms with Gasteiger partial charge >= 0.3 is 0 Å². The molecule has 2 atom stereocenters. The van der Waals surface area contributed by atoms with Crippen LogP contribution in [0.3, 0.4) is 0 Å². The second kappa shape index (κ2) is 6.01. The highest BCUT2D eigenvalue weighted by atomic mass is 16.3. The Morgan fingerprint density at radius 3 is 2.17 bits per heavy atom. The van der Waals surface area contributed by atoms with E-state index in [0.29, 0.717) is 22.6 Å². The lowest BCUT2D eigenvalue weighted by Gasteiger charge is -2.36. The highest BCUT2D eigenvalue weighted by Crippen LogP contribution is 2.34. The summed E-state index contributed by atoms with van der Waals surface area (Å²) in [6, 6.07) is 15.6. The number of rotatable bonds is 4. The zero-order chi connectivity index (χ0) is 16.4. The van der Waals surface area contributed by atoms with Gasteiger partial charge in [0, 0.05) is 5.69 Å². The quantitative estimate of drug-likeness (QED) is 0.550. The minimum absolute atomic E-state index is 0.107. The van der Waals surface area contributed by atoms with Gasteiger partial charge < -0.3 is 26.0 Å². The van der Waals surface area contributed by atoms with Gasteiger partial charge in [-0.25, -0.2) is 0 Å². The van der Waals surface area contributed by atoms with Crippen LogP contribution in [-0.2, 0) is 0 Å². The van der Waals surface area contributed by atoms with Crippen molar-refractivity contribution < 1.29 is 15.3 Å². The first-order valence-corrected chi connectivity index (χ1v) is 7.02. The molecule has 5 N–H and O–H groups in total. The standard InChI is InChI=1S/C17H15N3O3/c18-9-10-6-7-12(13(21)8-10)20-15-14(16(22)17(15)23)19-11-4-2-1-3-5-11/h1-8,16-17,19-23H. The topological polar surface area (TPSA) is 109 Å². The first-order chi connectivity index (χ1) is 11.1. The number of nitrogens with zero attached hydrogens (tertiary/aromatic N) is 1. The van der Waals surface area contributed by atoms with Gasteiger partial charge in [0.15, 0.2) is 0 Å². The minimum Gasteiger partial charge on any atom is -0.506 e. The maximum absolute atomic E-state index is 9.93. The molecule has 6 nitrogen and oxygen atoms in total. The Bertz CT molecular complexity index is 796. The Labute approximate surface area is 132 Å². The molecule has 0 saturated heterocycles.